The van der Waals surface area contributed by atoms with E-state index in [0.717, 1.165) is 0 Å². The average Bonchev–Trinajstić information content (AvgIpc) is 3.67. The summed E-state index contributed by atoms with van der Waals surface area (Å²) in [6, 6.07) is 44.8. The van der Waals surface area contributed by atoms with Crippen LogP contribution in [-0.4, -0.2) is 4.40 Å². The monoisotopic (exact) mass is 617 g/mol. The van der Waals surface area contributed by atoms with Gasteiger partial charge in [0, 0.05) is 27.0 Å². The average molecular weight is 618 g/mol. The van der Waals surface area contributed by atoms with E-state index in [0.29, 0.717) is 11.8 Å². The molecule has 0 saturated heterocycles. The Morgan fingerprint density at radius 3 is 1.60 bits per heavy atom. The van der Waals surface area contributed by atoms with Crippen LogP contribution in [0.25, 0.3) is 81.9 Å². The second kappa shape index (κ2) is 9.48. The van der Waals surface area contributed by atoms with E-state index < -0.39 is 0 Å². The lowest BCUT2D eigenvalue weighted by Gasteiger charge is -2.22. The van der Waals surface area contributed by atoms with Crippen molar-refractivity contribution in [1.82, 2.24) is 4.40 Å². The molecular formula is C47H39N. The maximum atomic E-state index is 2.55. The van der Waals surface area contributed by atoms with Gasteiger partial charge in [-0.05, 0) is 120 Å². The first kappa shape index (κ1) is 27.9. The van der Waals surface area contributed by atoms with Crippen molar-refractivity contribution in [2.24, 2.45) is 0 Å². The van der Waals surface area contributed by atoms with Crippen LogP contribution in [0.4, 0.5) is 0 Å². The van der Waals surface area contributed by atoms with Gasteiger partial charge >= 0.3 is 0 Å². The van der Waals surface area contributed by atoms with Crippen molar-refractivity contribution in [3.05, 3.63) is 138 Å². The summed E-state index contributed by atoms with van der Waals surface area (Å²) in [5.41, 5.74) is 14.8. The molecule has 1 heteroatoms. The minimum atomic E-state index is -0.0362. The summed E-state index contributed by atoms with van der Waals surface area (Å²) in [5.74, 6) is 0.991. The van der Waals surface area contributed by atoms with Crippen LogP contribution in [0, 0.1) is 0 Å². The largest absolute Gasteiger partial charge is 0.308 e. The highest BCUT2D eigenvalue weighted by atomic mass is 14.9. The zero-order valence-electron chi connectivity index (χ0n) is 28.6. The Bertz CT molecular complexity index is 2670. The molecule has 0 N–H and O–H groups in total. The summed E-state index contributed by atoms with van der Waals surface area (Å²) in [6.45, 7) is 13.9. The molecule has 0 aliphatic heterocycles. The van der Waals surface area contributed by atoms with Gasteiger partial charge < -0.3 is 4.40 Å². The number of fused-ring (bicyclic) bond motifs is 11. The molecule has 48 heavy (non-hydrogen) atoms. The van der Waals surface area contributed by atoms with Gasteiger partial charge in [0.25, 0.3) is 0 Å². The zero-order valence-corrected chi connectivity index (χ0v) is 28.6. The van der Waals surface area contributed by atoms with Gasteiger partial charge in [-0.3, -0.25) is 0 Å². The third kappa shape index (κ3) is 3.68. The van der Waals surface area contributed by atoms with E-state index in [1.54, 1.807) is 0 Å². The summed E-state index contributed by atoms with van der Waals surface area (Å²) in [6.07, 6.45) is 0. The number of hydrogen-bond acceptors (Lipinski definition) is 0. The standard InChI is InChI=1S/C47H39N/c1-26(2)28-11-13-31-24-44-38(19-33(31)17-28)40-21-35(30-15-16-37-36-9-7-8-10-42(36)47(5,6)43(37)23-30)22-41-39-20-34-18-29(27(3)4)12-14-32(34)25-45(39)48(44)46(40)41/h7-27H,1-6H3. The fourth-order valence-electron chi connectivity index (χ4n) is 8.84. The predicted octanol–water partition coefficient (Wildman–Crippen LogP) is 13.4. The minimum absolute atomic E-state index is 0.0362. The lowest BCUT2D eigenvalue weighted by Crippen LogP contribution is -2.14. The summed E-state index contributed by atoms with van der Waals surface area (Å²) in [5, 5.41) is 10.6. The molecule has 0 fully saturated rings. The normalized spacial score (nSPS) is 14.2. The summed E-state index contributed by atoms with van der Waals surface area (Å²) in [4.78, 5) is 0. The number of hydrogen-bond donors (Lipinski definition) is 0. The maximum absolute atomic E-state index is 2.55. The van der Waals surface area contributed by atoms with E-state index in [4.69, 9.17) is 0 Å². The van der Waals surface area contributed by atoms with Crippen molar-refractivity contribution >= 4 is 59.6 Å². The first-order valence-electron chi connectivity index (χ1n) is 17.6. The van der Waals surface area contributed by atoms with Crippen molar-refractivity contribution in [1.29, 1.82) is 0 Å². The highest BCUT2D eigenvalue weighted by molar-refractivity contribution is 6.27. The number of aromatic nitrogens is 1. The van der Waals surface area contributed by atoms with E-state index in [-0.39, 0.29) is 5.41 Å². The second-order valence-corrected chi connectivity index (χ2v) is 15.4. The molecule has 0 bridgehead atoms. The van der Waals surface area contributed by atoms with Crippen LogP contribution in [0.1, 0.15) is 75.6 Å². The number of rotatable bonds is 3. The van der Waals surface area contributed by atoms with Gasteiger partial charge in [-0.2, -0.15) is 0 Å². The van der Waals surface area contributed by atoms with Gasteiger partial charge in [0.2, 0.25) is 0 Å². The summed E-state index contributed by atoms with van der Waals surface area (Å²) >= 11 is 0. The summed E-state index contributed by atoms with van der Waals surface area (Å²) in [7, 11) is 0. The Balaban J connectivity index is 1.31. The fourth-order valence-corrected chi connectivity index (χ4v) is 8.84. The second-order valence-electron chi connectivity index (χ2n) is 15.4. The Morgan fingerprint density at radius 1 is 0.458 bits per heavy atom. The molecule has 10 rings (SSSR count). The highest BCUT2D eigenvalue weighted by Crippen LogP contribution is 2.50. The highest BCUT2D eigenvalue weighted by Gasteiger charge is 2.35. The predicted molar refractivity (Wildman–Crippen MR) is 207 cm³/mol. The van der Waals surface area contributed by atoms with Crippen molar-refractivity contribution in [2.45, 2.75) is 58.8 Å². The molecule has 1 aliphatic carbocycles. The van der Waals surface area contributed by atoms with E-state index in [1.165, 1.54) is 104 Å². The van der Waals surface area contributed by atoms with Gasteiger partial charge in [-0.15, -0.1) is 0 Å². The molecule has 0 radical (unpaired) electrons. The van der Waals surface area contributed by atoms with Crippen LogP contribution in [0.3, 0.4) is 0 Å². The molecule has 0 saturated carbocycles. The molecule has 0 spiro atoms. The van der Waals surface area contributed by atoms with E-state index in [2.05, 4.69) is 161 Å². The third-order valence-corrected chi connectivity index (χ3v) is 11.6. The Kier molecular flexibility index (Phi) is 5.52. The minimum Gasteiger partial charge on any atom is -0.308 e. The van der Waals surface area contributed by atoms with Crippen LogP contribution in [-0.2, 0) is 5.41 Å². The number of nitrogens with zero attached hydrogens (tertiary/aromatic N) is 1. The topological polar surface area (TPSA) is 4.41 Å². The molecule has 0 amide bonds. The molecule has 1 nitrogen and oxygen atoms in total. The molecular weight excluding hydrogens is 579 g/mol. The Morgan fingerprint density at radius 2 is 1.02 bits per heavy atom. The molecule has 9 aromatic rings. The smallest absolute Gasteiger partial charge is 0.0620 e. The van der Waals surface area contributed by atoms with Crippen LogP contribution in [0.2, 0.25) is 0 Å². The van der Waals surface area contributed by atoms with Crippen molar-refractivity contribution < 1.29 is 0 Å². The maximum Gasteiger partial charge on any atom is 0.0620 e. The van der Waals surface area contributed by atoms with E-state index in [1.807, 2.05) is 0 Å². The van der Waals surface area contributed by atoms with Crippen molar-refractivity contribution in [3.63, 3.8) is 0 Å². The van der Waals surface area contributed by atoms with Gasteiger partial charge in [-0.1, -0.05) is 114 Å². The molecule has 7 aromatic carbocycles. The van der Waals surface area contributed by atoms with Gasteiger partial charge in [-0.25, -0.2) is 0 Å². The van der Waals surface area contributed by atoms with E-state index >= 15 is 0 Å². The van der Waals surface area contributed by atoms with Crippen LogP contribution in [0.15, 0.2) is 115 Å². The van der Waals surface area contributed by atoms with Gasteiger partial charge in [0.1, 0.15) is 0 Å². The molecule has 2 heterocycles. The Labute approximate surface area is 281 Å². The molecule has 0 atom stereocenters. The third-order valence-electron chi connectivity index (χ3n) is 11.6. The van der Waals surface area contributed by atoms with Crippen LogP contribution < -0.4 is 0 Å². The Hall–Kier alpha value is -5.14. The van der Waals surface area contributed by atoms with Crippen molar-refractivity contribution in [3.8, 4) is 22.3 Å². The SMILES string of the molecule is CC(C)c1ccc2cc3c(cc2c1)c1cc(-c2ccc4c(c2)C(C)(C)c2ccccc2-4)cc2c4cc5cc(C(C)C)ccc5cc4n3c12. The van der Waals surface area contributed by atoms with Crippen molar-refractivity contribution in [2.75, 3.05) is 0 Å². The zero-order chi connectivity index (χ0) is 32.6. The molecule has 1 aliphatic rings. The molecule has 232 valence electrons. The van der Waals surface area contributed by atoms with Crippen LogP contribution >= 0.6 is 0 Å². The number of benzene rings is 7. The fraction of sp³-hybridized carbons (Fsp3) is 0.191. The lowest BCUT2D eigenvalue weighted by molar-refractivity contribution is 0.660. The van der Waals surface area contributed by atoms with Crippen LogP contribution in [0.5, 0.6) is 0 Å². The lowest BCUT2D eigenvalue weighted by atomic mass is 9.81. The van der Waals surface area contributed by atoms with Gasteiger partial charge in [0.15, 0.2) is 0 Å². The molecule has 2 aromatic heterocycles. The molecule has 0 unspecified atom stereocenters. The first-order chi connectivity index (χ1) is 23.2. The van der Waals surface area contributed by atoms with E-state index in [9.17, 15) is 0 Å². The summed E-state index contributed by atoms with van der Waals surface area (Å²) < 4.78 is 2.55. The quantitative estimate of drug-likeness (QED) is 0.186. The first-order valence-corrected chi connectivity index (χ1v) is 17.6. The van der Waals surface area contributed by atoms with Gasteiger partial charge in [0.05, 0.1) is 16.6 Å².